The van der Waals surface area contributed by atoms with Crippen molar-refractivity contribution in [2.45, 2.75) is 42.6 Å². The lowest BCUT2D eigenvalue weighted by Crippen LogP contribution is -2.32. The van der Waals surface area contributed by atoms with Crippen LogP contribution in [0.15, 0.2) is 34.9 Å². The highest BCUT2D eigenvalue weighted by Gasteiger charge is 2.36. The predicted molar refractivity (Wildman–Crippen MR) is 82.3 cm³/mol. The number of Topliss-reactive ketones (excluding diaryl/α,β-unsaturated/α-hetero) is 1. The minimum Gasteiger partial charge on any atom is -0.464 e. The first-order valence-electron chi connectivity index (χ1n) is 7.47. The summed E-state index contributed by atoms with van der Waals surface area (Å²) in [7, 11) is 0. The van der Waals surface area contributed by atoms with Crippen molar-refractivity contribution in [3.63, 3.8) is 0 Å². The highest BCUT2D eigenvalue weighted by atomic mass is 32.2. The summed E-state index contributed by atoms with van der Waals surface area (Å²) in [6.07, 6.45) is 7.69. The number of rotatable bonds is 2. The zero-order valence-corrected chi connectivity index (χ0v) is 12.2. The Hall–Kier alpha value is -1.22. The monoisotopic (exact) mass is 286 g/mol. The Morgan fingerprint density at radius 1 is 1.15 bits per heavy atom. The fourth-order valence-corrected chi connectivity index (χ4v) is 5.50. The van der Waals surface area contributed by atoms with E-state index in [9.17, 15) is 4.79 Å². The second kappa shape index (κ2) is 4.96. The molecule has 20 heavy (non-hydrogen) atoms. The number of para-hydroxylation sites is 1. The van der Waals surface area contributed by atoms with Crippen LogP contribution in [-0.4, -0.2) is 16.3 Å². The fourth-order valence-electron chi connectivity index (χ4n) is 3.66. The Kier molecular flexibility index (Phi) is 3.10. The molecule has 2 aromatic rings. The van der Waals surface area contributed by atoms with E-state index in [1.807, 2.05) is 24.3 Å². The van der Waals surface area contributed by atoms with Crippen molar-refractivity contribution in [2.75, 3.05) is 0 Å². The average Bonchev–Trinajstić information content (AvgIpc) is 2.90. The lowest BCUT2D eigenvalue weighted by molar-refractivity contribution is 0.0897. The van der Waals surface area contributed by atoms with E-state index in [0.717, 1.165) is 29.4 Å². The molecule has 1 aromatic heterocycles. The van der Waals surface area contributed by atoms with Gasteiger partial charge in [0.05, 0.1) is 5.56 Å². The van der Waals surface area contributed by atoms with Crippen LogP contribution in [0.2, 0.25) is 0 Å². The fraction of sp³-hybridized carbons (Fsp3) is 0.471. The van der Waals surface area contributed by atoms with E-state index in [2.05, 4.69) is 11.8 Å². The van der Waals surface area contributed by atoms with Crippen molar-refractivity contribution in [1.29, 1.82) is 0 Å². The largest absolute Gasteiger partial charge is 0.464 e. The number of hydrogen-bond acceptors (Lipinski definition) is 3. The summed E-state index contributed by atoms with van der Waals surface area (Å²) in [5, 5.41) is 2.38. The molecule has 2 aliphatic rings. The molecule has 0 N–H and O–H groups in total. The van der Waals surface area contributed by atoms with Crippen LogP contribution in [0, 0.1) is 5.92 Å². The zero-order chi connectivity index (χ0) is 13.5. The Labute approximate surface area is 122 Å². The van der Waals surface area contributed by atoms with Gasteiger partial charge < -0.3 is 4.42 Å². The number of thioether (sulfide) groups is 1. The van der Waals surface area contributed by atoms with Crippen molar-refractivity contribution < 1.29 is 9.21 Å². The molecule has 2 bridgehead atoms. The maximum Gasteiger partial charge on any atom is 0.169 e. The number of hydrogen-bond donors (Lipinski definition) is 0. The highest BCUT2D eigenvalue weighted by Crippen LogP contribution is 2.45. The standard InChI is InChI=1S/C17H18O2S/c18-17(11-8-12-4-3-5-13(9-11)20-12)15-10-19-16-7-2-1-6-14(15)16/h1-2,6-7,10-13H,3-5,8-9H2. The molecule has 2 saturated heterocycles. The van der Waals surface area contributed by atoms with Crippen molar-refractivity contribution >= 4 is 28.5 Å². The van der Waals surface area contributed by atoms with Crippen LogP contribution in [0.5, 0.6) is 0 Å². The summed E-state index contributed by atoms with van der Waals surface area (Å²) < 4.78 is 5.53. The summed E-state index contributed by atoms with van der Waals surface area (Å²) in [4.78, 5) is 12.8. The van der Waals surface area contributed by atoms with Crippen LogP contribution in [0.1, 0.15) is 42.5 Å². The summed E-state index contributed by atoms with van der Waals surface area (Å²) >= 11 is 2.12. The molecular weight excluding hydrogens is 268 g/mol. The second-order valence-corrected chi connectivity index (χ2v) is 7.59. The van der Waals surface area contributed by atoms with Gasteiger partial charge >= 0.3 is 0 Å². The first-order valence-corrected chi connectivity index (χ1v) is 8.41. The van der Waals surface area contributed by atoms with Gasteiger partial charge in [0.15, 0.2) is 5.78 Å². The van der Waals surface area contributed by atoms with Crippen molar-refractivity contribution in [1.82, 2.24) is 0 Å². The van der Waals surface area contributed by atoms with E-state index in [-0.39, 0.29) is 5.92 Å². The summed E-state index contributed by atoms with van der Waals surface area (Å²) in [5.41, 5.74) is 1.61. The lowest BCUT2D eigenvalue weighted by atomic mass is 9.84. The average molecular weight is 286 g/mol. The van der Waals surface area contributed by atoms with E-state index >= 15 is 0 Å². The number of fused-ring (bicyclic) bond motifs is 3. The van der Waals surface area contributed by atoms with Crippen molar-refractivity contribution in [2.24, 2.45) is 5.92 Å². The summed E-state index contributed by atoms with van der Waals surface area (Å²) in [6, 6.07) is 7.84. The normalized spacial score (nSPS) is 29.5. The van der Waals surface area contributed by atoms with Crippen molar-refractivity contribution in [3.8, 4) is 0 Å². The van der Waals surface area contributed by atoms with Gasteiger partial charge in [-0.25, -0.2) is 0 Å². The van der Waals surface area contributed by atoms with Gasteiger partial charge in [-0.3, -0.25) is 4.79 Å². The summed E-state index contributed by atoms with van der Waals surface area (Å²) in [5.74, 6) is 0.500. The molecule has 0 spiro atoms. The van der Waals surface area contributed by atoms with Gasteiger partial charge in [-0.05, 0) is 31.7 Å². The minimum absolute atomic E-state index is 0.201. The van der Waals surface area contributed by atoms with Crippen LogP contribution >= 0.6 is 11.8 Å². The first kappa shape index (κ1) is 12.5. The third-order valence-electron chi connectivity index (χ3n) is 4.65. The van der Waals surface area contributed by atoms with Gasteiger partial charge in [-0.1, -0.05) is 24.6 Å². The second-order valence-electron chi connectivity index (χ2n) is 5.99. The number of furan rings is 1. The lowest BCUT2D eigenvalue weighted by Gasteiger charge is -2.37. The Bertz CT molecular complexity index is 633. The van der Waals surface area contributed by atoms with Crippen LogP contribution in [0.4, 0.5) is 0 Å². The van der Waals surface area contributed by atoms with Crippen LogP contribution in [0.3, 0.4) is 0 Å². The SMILES string of the molecule is O=C(c1coc2ccccc12)C1CC2CCCC(C1)S2. The third-order valence-corrected chi connectivity index (χ3v) is 6.28. The molecular formula is C17H18O2S. The molecule has 0 amide bonds. The van der Waals surface area contributed by atoms with Gasteiger partial charge in [-0.15, -0.1) is 0 Å². The third kappa shape index (κ3) is 2.08. The molecule has 2 atom stereocenters. The Morgan fingerprint density at radius 2 is 1.90 bits per heavy atom. The molecule has 0 aliphatic carbocycles. The van der Waals surface area contributed by atoms with Crippen molar-refractivity contribution in [3.05, 3.63) is 36.1 Å². The van der Waals surface area contributed by atoms with E-state index in [0.29, 0.717) is 16.3 Å². The van der Waals surface area contributed by atoms with Gasteiger partial charge in [-0.2, -0.15) is 11.8 Å². The Morgan fingerprint density at radius 3 is 2.70 bits per heavy atom. The molecule has 3 heterocycles. The van der Waals surface area contributed by atoms with Gasteiger partial charge in [0.25, 0.3) is 0 Å². The Balaban J connectivity index is 1.63. The molecule has 0 radical (unpaired) electrons. The molecule has 2 aliphatic heterocycles. The van der Waals surface area contributed by atoms with E-state index in [1.54, 1.807) is 6.26 Å². The van der Waals surface area contributed by atoms with E-state index in [4.69, 9.17) is 4.42 Å². The van der Waals surface area contributed by atoms with E-state index in [1.165, 1.54) is 19.3 Å². The first-order chi connectivity index (χ1) is 9.81. The van der Waals surface area contributed by atoms with Gasteiger partial charge in [0, 0.05) is 21.8 Å². The molecule has 2 fully saturated rings. The van der Waals surface area contributed by atoms with E-state index < -0.39 is 0 Å². The zero-order valence-electron chi connectivity index (χ0n) is 11.4. The molecule has 1 aromatic carbocycles. The molecule has 0 saturated carbocycles. The number of carbonyl (C=O) groups excluding carboxylic acids is 1. The highest BCUT2D eigenvalue weighted by molar-refractivity contribution is 8.00. The predicted octanol–water partition coefficient (Wildman–Crippen LogP) is 4.68. The number of ketones is 1. The quantitative estimate of drug-likeness (QED) is 0.751. The molecule has 2 unspecified atom stereocenters. The summed E-state index contributed by atoms with van der Waals surface area (Å²) in [6.45, 7) is 0. The molecule has 4 rings (SSSR count). The van der Waals surface area contributed by atoms with Gasteiger partial charge in [0.1, 0.15) is 11.8 Å². The van der Waals surface area contributed by atoms with Crippen LogP contribution in [0.25, 0.3) is 11.0 Å². The van der Waals surface area contributed by atoms with Crippen LogP contribution < -0.4 is 0 Å². The topological polar surface area (TPSA) is 30.2 Å². The van der Waals surface area contributed by atoms with Crippen LogP contribution in [-0.2, 0) is 0 Å². The number of benzene rings is 1. The minimum atomic E-state index is 0.201. The molecule has 2 nitrogen and oxygen atoms in total. The smallest absolute Gasteiger partial charge is 0.169 e. The maximum absolute atomic E-state index is 12.8. The number of carbonyl (C=O) groups is 1. The maximum atomic E-state index is 12.8. The van der Waals surface area contributed by atoms with Gasteiger partial charge in [0.2, 0.25) is 0 Å². The molecule has 104 valence electrons. The molecule has 3 heteroatoms.